The zero-order valence-electron chi connectivity index (χ0n) is 14.3. The van der Waals surface area contributed by atoms with Crippen molar-refractivity contribution in [1.82, 2.24) is 15.3 Å². The molecule has 2 aromatic rings. The maximum Gasteiger partial charge on any atom is 0.270 e. The lowest BCUT2D eigenvalue weighted by atomic mass is 9.95. The van der Waals surface area contributed by atoms with Crippen molar-refractivity contribution in [3.63, 3.8) is 0 Å². The van der Waals surface area contributed by atoms with Crippen molar-refractivity contribution in [2.75, 3.05) is 31.7 Å². The Morgan fingerprint density at radius 1 is 1.28 bits per heavy atom. The number of carbonyl (C=O) groups is 1. The van der Waals surface area contributed by atoms with Gasteiger partial charge in [-0.25, -0.2) is 4.98 Å². The molecule has 25 heavy (non-hydrogen) atoms. The van der Waals surface area contributed by atoms with Gasteiger partial charge in [0.15, 0.2) is 0 Å². The second-order valence-corrected chi connectivity index (χ2v) is 6.79. The fourth-order valence-corrected chi connectivity index (χ4v) is 3.55. The number of likely N-dealkylation sites (N-methyl/N-ethyl adjacent to an activating group) is 1. The number of ether oxygens (including phenoxy) is 1. The number of pyridine rings is 2. The van der Waals surface area contributed by atoms with Gasteiger partial charge in [0.05, 0.1) is 19.3 Å². The Balaban J connectivity index is 1.44. The van der Waals surface area contributed by atoms with Crippen LogP contribution in [-0.4, -0.2) is 48.7 Å². The number of hydrogen-bond acceptors (Lipinski definition) is 5. The molecule has 0 aliphatic carbocycles. The summed E-state index contributed by atoms with van der Waals surface area (Å²) in [5, 5.41) is 3.11. The maximum atomic E-state index is 12.6. The van der Waals surface area contributed by atoms with E-state index in [4.69, 9.17) is 4.74 Å². The monoisotopic (exact) mass is 338 g/mol. The molecule has 0 radical (unpaired) electrons. The first-order valence-corrected chi connectivity index (χ1v) is 8.69. The predicted molar refractivity (Wildman–Crippen MR) is 94.7 cm³/mol. The van der Waals surface area contributed by atoms with Crippen LogP contribution in [0, 0.1) is 5.92 Å². The minimum absolute atomic E-state index is 0.00782. The van der Waals surface area contributed by atoms with E-state index in [2.05, 4.69) is 20.2 Å². The number of nitrogens with one attached hydrogen (secondary N) is 1. The summed E-state index contributed by atoms with van der Waals surface area (Å²) in [6, 6.07) is 7.86. The summed E-state index contributed by atoms with van der Waals surface area (Å²) in [4.78, 5) is 23.3. The third-order valence-corrected chi connectivity index (χ3v) is 5.03. The third-order valence-electron chi connectivity index (χ3n) is 5.03. The molecule has 2 aromatic heterocycles. The van der Waals surface area contributed by atoms with Crippen molar-refractivity contribution in [2.24, 2.45) is 5.92 Å². The molecule has 1 fully saturated rings. The molecule has 1 saturated heterocycles. The number of hydrogen-bond donors (Lipinski definition) is 1. The van der Waals surface area contributed by atoms with Crippen molar-refractivity contribution in [3.05, 3.63) is 53.5 Å². The molecule has 2 aliphatic heterocycles. The Hall–Kier alpha value is -2.47. The molecule has 130 valence electrons. The molecule has 0 aromatic carbocycles. The van der Waals surface area contributed by atoms with E-state index >= 15 is 0 Å². The van der Waals surface area contributed by atoms with Gasteiger partial charge in [-0.3, -0.25) is 9.78 Å². The van der Waals surface area contributed by atoms with E-state index in [0.29, 0.717) is 18.9 Å². The highest BCUT2D eigenvalue weighted by atomic mass is 16.5. The van der Waals surface area contributed by atoms with Gasteiger partial charge in [0.25, 0.3) is 5.91 Å². The van der Waals surface area contributed by atoms with Crippen molar-refractivity contribution in [2.45, 2.75) is 18.9 Å². The number of aromatic nitrogens is 2. The summed E-state index contributed by atoms with van der Waals surface area (Å²) in [7, 11) is 2.01. The maximum absolute atomic E-state index is 12.6. The lowest BCUT2D eigenvalue weighted by Crippen LogP contribution is -2.41. The molecule has 4 rings (SSSR count). The van der Waals surface area contributed by atoms with Gasteiger partial charge in [-0.15, -0.1) is 0 Å². The zero-order valence-corrected chi connectivity index (χ0v) is 14.3. The minimum Gasteiger partial charge on any atom is -0.379 e. The predicted octanol–water partition coefficient (Wildman–Crippen LogP) is 1.46. The van der Waals surface area contributed by atoms with Gasteiger partial charge in [0.2, 0.25) is 0 Å². The van der Waals surface area contributed by atoms with Crippen molar-refractivity contribution in [1.29, 1.82) is 0 Å². The fourth-order valence-electron chi connectivity index (χ4n) is 3.55. The molecule has 0 spiro atoms. The van der Waals surface area contributed by atoms with Crippen LogP contribution in [0.3, 0.4) is 0 Å². The lowest BCUT2D eigenvalue weighted by Gasteiger charge is -2.19. The number of nitrogens with zero attached hydrogens (tertiary/aromatic N) is 3. The molecule has 0 bridgehead atoms. The number of fused-ring (bicyclic) bond motifs is 1. The van der Waals surface area contributed by atoms with E-state index in [0.717, 1.165) is 25.2 Å². The first-order chi connectivity index (χ1) is 12.2. The highest BCUT2D eigenvalue weighted by Gasteiger charge is 2.30. The zero-order chi connectivity index (χ0) is 17.2. The SMILES string of the molecule is CN1CCc2ccc(C(=O)N[C@H]3COC[C@H]3Cc3ccncc3)nc21. The summed E-state index contributed by atoms with van der Waals surface area (Å²) >= 11 is 0. The second kappa shape index (κ2) is 6.80. The van der Waals surface area contributed by atoms with Crippen LogP contribution in [-0.2, 0) is 17.6 Å². The Labute approximate surface area is 147 Å². The number of rotatable bonds is 4. The average Bonchev–Trinajstić information content (AvgIpc) is 3.22. The largest absolute Gasteiger partial charge is 0.379 e. The number of anilines is 1. The van der Waals surface area contributed by atoms with E-state index in [1.807, 2.05) is 31.3 Å². The summed E-state index contributed by atoms with van der Waals surface area (Å²) in [5.41, 5.74) is 2.89. The molecule has 1 amide bonds. The quantitative estimate of drug-likeness (QED) is 0.914. The molecular weight excluding hydrogens is 316 g/mol. The van der Waals surface area contributed by atoms with Crippen LogP contribution in [0.15, 0.2) is 36.7 Å². The Morgan fingerprint density at radius 2 is 2.12 bits per heavy atom. The highest BCUT2D eigenvalue weighted by molar-refractivity contribution is 5.93. The molecule has 2 atom stereocenters. The van der Waals surface area contributed by atoms with Crippen LogP contribution in [0.25, 0.3) is 0 Å². The van der Waals surface area contributed by atoms with Gasteiger partial charge in [0.1, 0.15) is 11.5 Å². The van der Waals surface area contributed by atoms with Crippen molar-refractivity contribution < 1.29 is 9.53 Å². The molecule has 2 aliphatic rings. The van der Waals surface area contributed by atoms with Crippen LogP contribution >= 0.6 is 0 Å². The smallest absolute Gasteiger partial charge is 0.270 e. The molecule has 1 N–H and O–H groups in total. The summed E-state index contributed by atoms with van der Waals surface area (Å²) in [5.74, 6) is 1.06. The standard InChI is InChI=1S/C19H22N4O2/c1-23-9-6-14-2-3-16(21-18(14)23)19(24)22-17-12-25-11-15(17)10-13-4-7-20-8-5-13/h2-5,7-8,15,17H,6,9-12H2,1H3,(H,22,24)/t15-,17+/m1/s1. The summed E-state index contributed by atoms with van der Waals surface area (Å²) < 4.78 is 5.61. The third kappa shape index (κ3) is 3.35. The van der Waals surface area contributed by atoms with Gasteiger partial charge >= 0.3 is 0 Å². The normalized spacial score (nSPS) is 22.0. The van der Waals surface area contributed by atoms with Gasteiger partial charge in [-0.1, -0.05) is 6.07 Å². The van der Waals surface area contributed by atoms with E-state index in [9.17, 15) is 4.79 Å². The molecule has 4 heterocycles. The lowest BCUT2D eigenvalue weighted by molar-refractivity contribution is 0.0920. The van der Waals surface area contributed by atoms with Gasteiger partial charge in [0, 0.05) is 31.9 Å². The molecule has 0 unspecified atom stereocenters. The van der Waals surface area contributed by atoms with Crippen LogP contribution in [0.4, 0.5) is 5.82 Å². The topological polar surface area (TPSA) is 67.4 Å². The highest BCUT2D eigenvalue weighted by Crippen LogP contribution is 2.25. The van der Waals surface area contributed by atoms with Crippen molar-refractivity contribution >= 4 is 11.7 Å². The van der Waals surface area contributed by atoms with Gasteiger partial charge in [-0.05, 0) is 42.2 Å². The Bertz CT molecular complexity index is 765. The van der Waals surface area contributed by atoms with E-state index in [1.54, 1.807) is 12.4 Å². The Morgan fingerprint density at radius 3 is 2.96 bits per heavy atom. The van der Waals surface area contributed by atoms with E-state index < -0.39 is 0 Å². The molecule has 6 nitrogen and oxygen atoms in total. The van der Waals surface area contributed by atoms with Crippen LogP contribution in [0.1, 0.15) is 21.6 Å². The van der Waals surface area contributed by atoms with Gasteiger partial charge < -0.3 is 15.0 Å². The van der Waals surface area contributed by atoms with Crippen molar-refractivity contribution in [3.8, 4) is 0 Å². The number of amides is 1. The second-order valence-electron chi connectivity index (χ2n) is 6.79. The fraction of sp³-hybridized carbons (Fsp3) is 0.421. The minimum atomic E-state index is -0.127. The summed E-state index contributed by atoms with van der Waals surface area (Å²) in [6.07, 6.45) is 5.45. The average molecular weight is 338 g/mol. The van der Waals surface area contributed by atoms with Crippen LogP contribution in [0.5, 0.6) is 0 Å². The Kier molecular flexibility index (Phi) is 4.36. The van der Waals surface area contributed by atoms with Gasteiger partial charge in [-0.2, -0.15) is 0 Å². The molecule has 0 saturated carbocycles. The van der Waals surface area contributed by atoms with E-state index in [-0.39, 0.29) is 17.9 Å². The molecular formula is C19H22N4O2. The molecule has 6 heteroatoms. The van der Waals surface area contributed by atoms with Crippen LogP contribution < -0.4 is 10.2 Å². The first kappa shape index (κ1) is 16.0. The summed E-state index contributed by atoms with van der Waals surface area (Å²) in [6.45, 7) is 2.16. The van der Waals surface area contributed by atoms with Crippen LogP contribution in [0.2, 0.25) is 0 Å². The number of carbonyl (C=O) groups excluding carboxylic acids is 1. The van der Waals surface area contributed by atoms with E-state index in [1.165, 1.54) is 11.1 Å². The first-order valence-electron chi connectivity index (χ1n) is 8.69.